The molecule has 3 heterocycles. The van der Waals surface area contributed by atoms with E-state index >= 15 is 0 Å². The highest BCUT2D eigenvalue weighted by Crippen LogP contribution is 2.35. The highest BCUT2D eigenvalue weighted by atomic mass is 19.1. The Bertz CT molecular complexity index is 1310. The van der Waals surface area contributed by atoms with Gasteiger partial charge in [-0.3, -0.25) is 4.90 Å². The van der Waals surface area contributed by atoms with Crippen molar-refractivity contribution in [1.82, 2.24) is 24.8 Å². The number of fused-ring (bicyclic) bond motifs is 1. The number of H-pyrrole nitrogens is 1. The number of rotatable bonds is 7. The number of hydrogen-bond donors (Lipinski definition) is 3. The smallest absolute Gasteiger partial charge is 0.231 e. The molecule has 2 aromatic carbocycles. The number of piperazine rings is 1. The topological polar surface area (TPSA) is 72.1 Å². The Balaban J connectivity index is 1.38. The molecule has 1 fully saturated rings. The number of aromatic amines is 1. The van der Waals surface area contributed by atoms with Crippen LogP contribution in [0.3, 0.4) is 0 Å². The SMILES string of the molecule is CCNc1nc(Nc2ccc(CN3CCN(C)CC3)cc2)nc2[nH]cc(-c3ccc(F)cc3F)c12. The van der Waals surface area contributed by atoms with Crippen molar-refractivity contribution >= 4 is 28.5 Å². The van der Waals surface area contributed by atoms with Crippen molar-refractivity contribution < 1.29 is 8.78 Å². The third-order valence-electron chi connectivity index (χ3n) is 6.31. The monoisotopic (exact) mass is 477 g/mol. The first-order chi connectivity index (χ1) is 17.0. The summed E-state index contributed by atoms with van der Waals surface area (Å²) < 4.78 is 27.9. The Hall–Kier alpha value is -3.56. The van der Waals surface area contributed by atoms with Gasteiger partial charge < -0.3 is 20.5 Å². The zero-order chi connectivity index (χ0) is 24.4. The Kier molecular flexibility index (Phi) is 6.61. The van der Waals surface area contributed by atoms with E-state index in [4.69, 9.17) is 0 Å². The first kappa shape index (κ1) is 23.2. The van der Waals surface area contributed by atoms with Gasteiger partial charge in [0.1, 0.15) is 23.1 Å². The summed E-state index contributed by atoms with van der Waals surface area (Å²) in [6.45, 7) is 7.89. The minimum absolute atomic E-state index is 0.289. The molecule has 0 radical (unpaired) electrons. The summed E-state index contributed by atoms with van der Waals surface area (Å²) in [5.41, 5.74) is 3.57. The molecule has 182 valence electrons. The second-order valence-electron chi connectivity index (χ2n) is 8.88. The van der Waals surface area contributed by atoms with Gasteiger partial charge in [0, 0.05) is 68.3 Å². The van der Waals surface area contributed by atoms with E-state index in [2.05, 4.69) is 54.6 Å². The first-order valence-electron chi connectivity index (χ1n) is 11.9. The zero-order valence-electron chi connectivity index (χ0n) is 19.9. The maximum atomic E-state index is 14.5. The third-order valence-corrected chi connectivity index (χ3v) is 6.31. The summed E-state index contributed by atoms with van der Waals surface area (Å²) in [6, 6.07) is 11.8. The van der Waals surface area contributed by atoms with E-state index in [1.165, 1.54) is 17.7 Å². The van der Waals surface area contributed by atoms with Crippen molar-refractivity contribution in [2.24, 2.45) is 0 Å². The van der Waals surface area contributed by atoms with Gasteiger partial charge in [-0.15, -0.1) is 0 Å². The van der Waals surface area contributed by atoms with Gasteiger partial charge in [-0.05, 0) is 43.8 Å². The lowest BCUT2D eigenvalue weighted by atomic mass is 10.1. The summed E-state index contributed by atoms with van der Waals surface area (Å²) in [5.74, 6) is -0.248. The second kappa shape index (κ2) is 9.97. The maximum absolute atomic E-state index is 14.5. The lowest BCUT2D eigenvalue weighted by Gasteiger charge is -2.32. The number of benzene rings is 2. The van der Waals surface area contributed by atoms with Crippen LogP contribution < -0.4 is 10.6 Å². The van der Waals surface area contributed by atoms with E-state index in [0.717, 1.165) is 44.5 Å². The standard InChI is InChI=1S/C26H29F2N7/c1-3-29-24-23-21(20-9-6-18(27)14-22(20)28)15-30-25(23)33-26(32-24)31-19-7-4-17(5-8-19)16-35-12-10-34(2)11-13-35/h4-9,14-15H,3,10-13,16H2,1-2H3,(H3,29,30,31,32,33). The van der Waals surface area contributed by atoms with E-state index in [0.29, 0.717) is 34.9 Å². The normalized spacial score (nSPS) is 15.0. The Morgan fingerprint density at radius 2 is 1.74 bits per heavy atom. The molecule has 0 aliphatic carbocycles. The van der Waals surface area contributed by atoms with E-state index < -0.39 is 11.6 Å². The fourth-order valence-corrected chi connectivity index (χ4v) is 4.39. The van der Waals surface area contributed by atoms with Crippen LogP contribution >= 0.6 is 0 Å². The first-order valence-corrected chi connectivity index (χ1v) is 11.9. The number of nitrogens with one attached hydrogen (secondary N) is 3. The van der Waals surface area contributed by atoms with Gasteiger partial charge in [-0.1, -0.05) is 12.1 Å². The largest absolute Gasteiger partial charge is 0.370 e. The second-order valence-corrected chi connectivity index (χ2v) is 8.88. The molecule has 3 N–H and O–H groups in total. The van der Waals surface area contributed by atoms with Crippen LogP contribution in [0.2, 0.25) is 0 Å². The Morgan fingerprint density at radius 3 is 2.46 bits per heavy atom. The summed E-state index contributed by atoms with van der Waals surface area (Å²) in [4.78, 5) is 17.2. The molecule has 2 aromatic heterocycles. The van der Waals surface area contributed by atoms with Crippen LogP contribution in [0.25, 0.3) is 22.2 Å². The van der Waals surface area contributed by atoms with Gasteiger partial charge in [-0.25, -0.2) is 8.78 Å². The number of nitrogens with zero attached hydrogens (tertiary/aromatic N) is 4. The number of anilines is 3. The van der Waals surface area contributed by atoms with Crippen LogP contribution in [0.4, 0.5) is 26.2 Å². The minimum Gasteiger partial charge on any atom is -0.370 e. The number of hydrogen-bond acceptors (Lipinski definition) is 6. The molecule has 0 spiro atoms. The third kappa shape index (κ3) is 5.11. The number of likely N-dealkylation sites (N-methyl/N-ethyl adjacent to an activating group) is 1. The van der Waals surface area contributed by atoms with Crippen molar-refractivity contribution in [3.05, 3.63) is 65.9 Å². The van der Waals surface area contributed by atoms with E-state index in [-0.39, 0.29) is 5.56 Å². The molecule has 0 bridgehead atoms. The molecule has 9 heteroatoms. The van der Waals surface area contributed by atoms with Crippen LogP contribution in [0.15, 0.2) is 48.7 Å². The van der Waals surface area contributed by atoms with Gasteiger partial charge >= 0.3 is 0 Å². The fourth-order valence-electron chi connectivity index (χ4n) is 4.39. The lowest BCUT2D eigenvalue weighted by molar-refractivity contribution is 0.148. The number of halogens is 2. The van der Waals surface area contributed by atoms with Crippen LogP contribution in [0.1, 0.15) is 12.5 Å². The molecule has 0 amide bonds. The van der Waals surface area contributed by atoms with Crippen molar-refractivity contribution in [3.63, 3.8) is 0 Å². The Morgan fingerprint density at radius 1 is 0.971 bits per heavy atom. The minimum atomic E-state index is -0.632. The fraction of sp³-hybridized carbons (Fsp3) is 0.308. The van der Waals surface area contributed by atoms with E-state index in [9.17, 15) is 8.78 Å². The summed E-state index contributed by atoms with van der Waals surface area (Å²) in [7, 11) is 2.16. The molecule has 0 saturated carbocycles. The molecular weight excluding hydrogens is 448 g/mol. The van der Waals surface area contributed by atoms with Crippen LogP contribution in [0, 0.1) is 11.6 Å². The molecule has 7 nitrogen and oxygen atoms in total. The van der Waals surface area contributed by atoms with Crippen LogP contribution in [-0.2, 0) is 6.54 Å². The van der Waals surface area contributed by atoms with Crippen molar-refractivity contribution in [1.29, 1.82) is 0 Å². The summed E-state index contributed by atoms with van der Waals surface area (Å²) >= 11 is 0. The van der Waals surface area contributed by atoms with Crippen LogP contribution in [0.5, 0.6) is 0 Å². The average Bonchev–Trinajstić information content (AvgIpc) is 3.26. The summed E-state index contributed by atoms with van der Waals surface area (Å²) in [5, 5.41) is 7.18. The van der Waals surface area contributed by atoms with Gasteiger partial charge in [0.05, 0.1) is 5.39 Å². The van der Waals surface area contributed by atoms with E-state index in [1.807, 2.05) is 19.1 Å². The van der Waals surface area contributed by atoms with Crippen molar-refractivity contribution in [2.75, 3.05) is 50.4 Å². The van der Waals surface area contributed by atoms with Crippen LogP contribution in [-0.4, -0.2) is 64.5 Å². The molecule has 35 heavy (non-hydrogen) atoms. The van der Waals surface area contributed by atoms with Gasteiger partial charge in [0.15, 0.2) is 0 Å². The maximum Gasteiger partial charge on any atom is 0.231 e. The van der Waals surface area contributed by atoms with Crippen molar-refractivity contribution in [3.8, 4) is 11.1 Å². The lowest BCUT2D eigenvalue weighted by Crippen LogP contribution is -2.43. The van der Waals surface area contributed by atoms with Gasteiger partial charge in [-0.2, -0.15) is 9.97 Å². The zero-order valence-corrected chi connectivity index (χ0v) is 19.9. The van der Waals surface area contributed by atoms with Crippen molar-refractivity contribution in [2.45, 2.75) is 13.5 Å². The number of aromatic nitrogens is 3. The quantitative estimate of drug-likeness (QED) is 0.354. The highest BCUT2D eigenvalue weighted by molar-refractivity contribution is 6.01. The Labute approximate surface area is 203 Å². The predicted molar refractivity (Wildman–Crippen MR) is 136 cm³/mol. The molecule has 0 unspecified atom stereocenters. The molecule has 1 aliphatic rings. The van der Waals surface area contributed by atoms with Gasteiger partial charge in [0.25, 0.3) is 0 Å². The highest BCUT2D eigenvalue weighted by Gasteiger charge is 2.18. The molecular formula is C26H29F2N7. The molecule has 1 aliphatic heterocycles. The molecule has 0 atom stereocenters. The molecule has 4 aromatic rings. The van der Waals surface area contributed by atoms with Gasteiger partial charge in [0.2, 0.25) is 5.95 Å². The van der Waals surface area contributed by atoms with E-state index in [1.54, 1.807) is 6.20 Å². The molecule has 5 rings (SSSR count). The summed E-state index contributed by atoms with van der Waals surface area (Å²) in [6.07, 6.45) is 1.67. The predicted octanol–water partition coefficient (Wildman–Crippen LogP) is 4.83. The average molecular weight is 478 g/mol. The molecule has 1 saturated heterocycles.